The molecular weight excluding hydrogens is 456 g/mol. The van der Waals surface area contributed by atoms with Crippen molar-refractivity contribution in [2.24, 2.45) is 0 Å². The molecule has 3 aromatic carbocycles. The van der Waals surface area contributed by atoms with E-state index in [0.717, 1.165) is 10.0 Å². The number of halogens is 4. The normalized spacial score (nSPS) is 10.6. The molecule has 0 atom stereocenters. The fourth-order valence-electron chi connectivity index (χ4n) is 2.52. The second-order valence-electron chi connectivity index (χ2n) is 5.59. The van der Waals surface area contributed by atoms with Gasteiger partial charge in [-0.2, -0.15) is 0 Å². The lowest BCUT2D eigenvalue weighted by atomic mass is 10.1. The Morgan fingerprint density at radius 2 is 1.42 bits per heavy atom. The van der Waals surface area contributed by atoms with Gasteiger partial charge >= 0.3 is 0 Å². The summed E-state index contributed by atoms with van der Waals surface area (Å²) in [5.41, 5.74) is 1.94. The molecule has 0 radical (unpaired) electrons. The summed E-state index contributed by atoms with van der Waals surface area (Å²) in [4.78, 5) is 14.8. The standard InChI is InChI=1S/C20H13BrCl3NO/c21-15-8-4-13(5-9-15)12-25(19-17(23)2-1-3-18(19)24)20(26)14-6-10-16(22)11-7-14/h1-11H,12H2. The average Bonchev–Trinajstić information content (AvgIpc) is 2.62. The highest BCUT2D eigenvalue weighted by molar-refractivity contribution is 9.10. The smallest absolute Gasteiger partial charge is 0.258 e. The third-order valence-corrected chi connectivity index (χ3v) is 5.19. The molecule has 6 heteroatoms. The van der Waals surface area contributed by atoms with Crippen LogP contribution in [0.25, 0.3) is 0 Å². The van der Waals surface area contributed by atoms with Gasteiger partial charge < -0.3 is 4.90 Å². The molecule has 0 aliphatic heterocycles. The number of carbonyl (C=O) groups excluding carboxylic acids is 1. The summed E-state index contributed by atoms with van der Waals surface area (Å²) in [7, 11) is 0. The maximum absolute atomic E-state index is 13.2. The van der Waals surface area contributed by atoms with Crippen LogP contribution in [-0.4, -0.2) is 5.91 Å². The summed E-state index contributed by atoms with van der Waals surface area (Å²) >= 11 is 22.1. The van der Waals surface area contributed by atoms with Crippen molar-refractivity contribution in [2.45, 2.75) is 6.54 Å². The molecule has 0 spiro atoms. The Morgan fingerprint density at radius 3 is 2.00 bits per heavy atom. The van der Waals surface area contributed by atoms with E-state index in [0.29, 0.717) is 32.9 Å². The lowest BCUT2D eigenvalue weighted by Crippen LogP contribution is -2.31. The lowest BCUT2D eigenvalue weighted by molar-refractivity contribution is 0.0985. The van der Waals surface area contributed by atoms with E-state index >= 15 is 0 Å². The van der Waals surface area contributed by atoms with E-state index in [9.17, 15) is 4.79 Å². The van der Waals surface area contributed by atoms with Crippen LogP contribution in [0.1, 0.15) is 15.9 Å². The van der Waals surface area contributed by atoms with Crippen molar-refractivity contribution in [3.63, 3.8) is 0 Å². The van der Waals surface area contributed by atoms with Gasteiger partial charge in [0, 0.05) is 15.1 Å². The number of amides is 1. The quantitative estimate of drug-likeness (QED) is 0.394. The van der Waals surface area contributed by atoms with Gasteiger partial charge in [0.25, 0.3) is 5.91 Å². The number of carbonyl (C=O) groups is 1. The lowest BCUT2D eigenvalue weighted by Gasteiger charge is -2.25. The van der Waals surface area contributed by atoms with Gasteiger partial charge in [-0.05, 0) is 54.1 Å². The molecular formula is C20H13BrCl3NO. The first kappa shape index (κ1) is 19.2. The van der Waals surface area contributed by atoms with Crippen LogP contribution in [0.15, 0.2) is 71.2 Å². The van der Waals surface area contributed by atoms with E-state index in [2.05, 4.69) is 15.9 Å². The number of benzene rings is 3. The topological polar surface area (TPSA) is 20.3 Å². The van der Waals surface area contributed by atoms with Crippen LogP contribution in [-0.2, 0) is 6.54 Å². The minimum Gasteiger partial charge on any atom is -0.301 e. The molecule has 0 unspecified atom stereocenters. The van der Waals surface area contributed by atoms with Gasteiger partial charge in [0.1, 0.15) is 0 Å². The summed E-state index contributed by atoms with van der Waals surface area (Å²) in [6.07, 6.45) is 0. The van der Waals surface area contributed by atoms with Gasteiger partial charge in [0.2, 0.25) is 0 Å². The Balaban J connectivity index is 2.04. The molecule has 1 amide bonds. The van der Waals surface area contributed by atoms with E-state index in [4.69, 9.17) is 34.8 Å². The molecule has 0 aliphatic rings. The predicted octanol–water partition coefficient (Wildman–Crippen LogP) is 7.26. The van der Waals surface area contributed by atoms with Crippen molar-refractivity contribution in [3.05, 3.63) is 97.4 Å². The van der Waals surface area contributed by atoms with Crippen molar-refractivity contribution in [2.75, 3.05) is 4.90 Å². The third kappa shape index (κ3) is 4.41. The number of hydrogen-bond acceptors (Lipinski definition) is 1. The van der Waals surface area contributed by atoms with Crippen LogP contribution in [0.4, 0.5) is 5.69 Å². The number of para-hydroxylation sites is 1. The molecule has 0 N–H and O–H groups in total. The Labute approximate surface area is 175 Å². The molecule has 26 heavy (non-hydrogen) atoms. The minimum absolute atomic E-state index is 0.209. The van der Waals surface area contributed by atoms with Crippen LogP contribution >= 0.6 is 50.7 Å². The maximum Gasteiger partial charge on any atom is 0.258 e. The van der Waals surface area contributed by atoms with Gasteiger partial charge in [-0.25, -0.2) is 0 Å². The zero-order valence-electron chi connectivity index (χ0n) is 13.4. The predicted molar refractivity (Wildman–Crippen MR) is 113 cm³/mol. The summed E-state index contributed by atoms with van der Waals surface area (Å²) < 4.78 is 0.965. The molecule has 2 nitrogen and oxygen atoms in total. The number of hydrogen-bond donors (Lipinski definition) is 0. The zero-order chi connectivity index (χ0) is 18.7. The summed E-state index contributed by atoms with van der Waals surface area (Å²) in [6.45, 7) is 0.332. The van der Waals surface area contributed by atoms with Crippen molar-refractivity contribution >= 4 is 62.3 Å². The van der Waals surface area contributed by atoms with E-state index in [1.54, 1.807) is 47.4 Å². The first-order valence-corrected chi connectivity index (χ1v) is 9.64. The molecule has 0 heterocycles. The fourth-order valence-corrected chi connectivity index (χ4v) is 3.51. The van der Waals surface area contributed by atoms with Crippen LogP contribution in [0.3, 0.4) is 0 Å². The van der Waals surface area contributed by atoms with Gasteiger partial charge in [-0.3, -0.25) is 4.79 Å². The molecule has 0 bridgehead atoms. The van der Waals surface area contributed by atoms with Gasteiger partial charge in [-0.1, -0.05) is 68.9 Å². The first-order valence-electron chi connectivity index (χ1n) is 7.71. The van der Waals surface area contributed by atoms with E-state index in [1.165, 1.54) is 0 Å². The monoisotopic (exact) mass is 467 g/mol. The van der Waals surface area contributed by atoms with Crippen LogP contribution in [0.2, 0.25) is 15.1 Å². The number of rotatable bonds is 4. The molecule has 3 aromatic rings. The molecule has 3 rings (SSSR count). The van der Waals surface area contributed by atoms with Gasteiger partial charge in [0.15, 0.2) is 0 Å². The zero-order valence-corrected chi connectivity index (χ0v) is 17.3. The SMILES string of the molecule is O=C(c1ccc(Cl)cc1)N(Cc1ccc(Br)cc1)c1c(Cl)cccc1Cl. The third-order valence-electron chi connectivity index (χ3n) is 3.80. The highest BCUT2D eigenvalue weighted by Crippen LogP contribution is 2.35. The minimum atomic E-state index is -0.209. The second kappa shape index (κ2) is 8.45. The van der Waals surface area contributed by atoms with E-state index < -0.39 is 0 Å². The van der Waals surface area contributed by atoms with Crippen LogP contribution in [0.5, 0.6) is 0 Å². The average molecular weight is 470 g/mol. The van der Waals surface area contributed by atoms with Crippen molar-refractivity contribution < 1.29 is 4.79 Å². The Kier molecular flexibility index (Phi) is 6.25. The molecule has 0 fully saturated rings. The highest BCUT2D eigenvalue weighted by atomic mass is 79.9. The molecule has 0 aromatic heterocycles. The van der Waals surface area contributed by atoms with Crippen molar-refractivity contribution in [3.8, 4) is 0 Å². The van der Waals surface area contributed by atoms with E-state index in [-0.39, 0.29) is 5.91 Å². The fraction of sp³-hybridized carbons (Fsp3) is 0.0500. The van der Waals surface area contributed by atoms with Crippen molar-refractivity contribution in [1.82, 2.24) is 0 Å². The number of anilines is 1. The summed E-state index contributed by atoms with van der Waals surface area (Å²) in [5.74, 6) is -0.209. The van der Waals surface area contributed by atoms with Crippen LogP contribution < -0.4 is 4.90 Å². The maximum atomic E-state index is 13.2. The Bertz CT molecular complexity index is 907. The van der Waals surface area contributed by atoms with E-state index in [1.807, 2.05) is 24.3 Å². The number of nitrogens with zero attached hydrogens (tertiary/aromatic N) is 1. The summed E-state index contributed by atoms with van der Waals surface area (Å²) in [6, 6.07) is 19.6. The summed E-state index contributed by atoms with van der Waals surface area (Å²) in [5, 5.41) is 1.39. The molecule has 132 valence electrons. The first-order chi connectivity index (χ1) is 12.5. The largest absolute Gasteiger partial charge is 0.301 e. The molecule has 0 saturated carbocycles. The van der Waals surface area contributed by atoms with Gasteiger partial charge in [-0.15, -0.1) is 0 Å². The van der Waals surface area contributed by atoms with Gasteiger partial charge in [0.05, 0.1) is 22.3 Å². The Morgan fingerprint density at radius 1 is 0.846 bits per heavy atom. The van der Waals surface area contributed by atoms with Crippen LogP contribution in [0, 0.1) is 0 Å². The molecule has 0 saturated heterocycles. The highest BCUT2D eigenvalue weighted by Gasteiger charge is 2.23. The second-order valence-corrected chi connectivity index (χ2v) is 7.76. The Hall–Kier alpha value is -1.52. The molecule has 0 aliphatic carbocycles. The van der Waals surface area contributed by atoms with Crippen molar-refractivity contribution in [1.29, 1.82) is 0 Å².